The number of benzene rings is 1. The van der Waals surface area contributed by atoms with E-state index in [9.17, 15) is 18.0 Å². The maximum absolute atomic E-state index is 12.2. The van der Waals surface area contributed by atoms with E-state index in [4.69, 9.17) is 5.73 Å². The topological polar surface area (TPSA) is 144 Å². The average molecular weight is 452 g/mol. The summed E-state index contributed by atoms with van der Waals surface area (Å²) in [6.45, 7) is 0. The Morgan fingerprint density at radius 1 is 1.00 bits per heavy atom. The van der Waals surface area contributed by atoms with E-state index in [0.717, 1.165) is 6.26 Å². The molecular formula is C17H17N5O4S3. The molecule has 2 heterocycles. The van der Waals surface area contributed by atoms with Crippen LogP contribution in [0, 0.1) is 0 Å². The van der Waals surface area contributed by atoms with Crippen molar-refractivity contribution in [3.63, 3.8) is 0 Å². The van der Waals surface area contributed by atoms with E-state index >= 15 is 0 Å². The van der Waals surface area contributed by atoms with Gasteiger partial charge in [0.1, 0.15) is 0 Å². The van der Waals surface area contributed by atoms with Gasteiger partial charge in [-0.25, -0.2) is 18.4 Å². The Bertz CT molecular complexity index is 1140. The van der Waals surface area contributed by atoms with Gasteiger partial charge in [0.2, 0.25) is 11.8 Å². The zero-order valence-corrected chi connectivity index (χ0v) is 17.7. The van der Waals surface area contributed by atoms with Gasteiger partial charge in [0.15, 0.2) is 20.1 Å². The lowest BCUT2D eigenvalue weighted by Gasteiger charge is -2.04. The largest absolute Gasteiger partial charge is 0.369 e. The number of carbonyl (C=O) groups is 2. The van der Waals surface area contributed by atoms with Crippen molar-refractivity contribution in [2.75, 3.05) is 16.9 Å². The van der Waals surface area contributed by atoms with Gasteiger partial charge < -0.3 is 16.4 Å². The number of amides is 2. The first-order valence-electron chi connectivity index (χ1n) is 8.23. The molecular weight excluding hydrogens is 434 g/mol. The third kappa shape index (κ3) is 6.07. The van der Waals surface area contributed by atoms with Crippen LogP contribution in [0.25, 0.3) is 0 Å². The lowest BCUT2D eigenvalue weighted by Crippen LogP contribution is -2.15. The zero-order chi connectivity index (χ0) is 21.0. The molecule has 0 atom stereocenters. The van der Waals surface area contributed by atoms with Gasteiger partial charge in [0.05, 0.1) is 29.1 Å². The molecule has 0 unspecified atom stereocenters. The van der Waals surface area contributed by atoms with Crippen LogP contribution < -0.4 is 16.4 Å². The molecule has 0 bridgehead atoms. The highest BCUT2D eigenvalue weighted by atomic mass is 32.2. The van der Waals surface area contributed by atoms with Crippen molar-refractivity contribution < 1.29 is 18.0 Å². The summed E-state index contributed by atoms with van der Waals surface area (Å²) in [6.07, 6.45) is 1.24. The molecule has 0 aliphatic heterocycles. The van der Waals surface area contributed by atoms with E-state index < -0.39 is 15.7 Å². The second kappa shape index (κ2) is 8.68. The first-order chi connectivity index (χ1) is 13.7. The highest BCUT2D eigenvalue weighted by Crippen LogP contribution is 2.23. The lowest BCUT2D eigenvalue weighted by molar-refractivity contribution is -0.117. The second-order valence-corrected chi connectivity index (χ2v) is 9.81. The van der Waals surface area contributed by atoms with Gasteiger partial charge >= 0.3 is 0 Å². The second-order valence-electron chi connectivity index (χ2n) is 6.08. The van der Waals surface area contributed by atoms with Crippen molar-refractivity contribution in [1.82, 2.24) is 9.97 Å². The number of rotatable bonds is 8. The Morgan fingerprint density at radius 3 is 2.21 bits per heavy atom. The fourth-order valence-electron chi connectivity index (χ4n) is 2.31. The van der Waals surface area contributed by atoms with Crippen LogP contribution in [-0.2, 0) is 32.3 Å². The molecule has 9 nitrogen and oxygen atoms in total. The molecule has 0 fully saturated rings. The van der Waals surface area contributed by atoms with Crippen LogP contribution in [0.3, 0.4) is 0 Å². The number of anilines is 3. The summed E-state index contributed by atoms with van der Waals surface area (Å²) in [5.41, 5.74) is 6.90. The number of hydrogen-bond donors (Lipinski definition) is 3. The van der Waals surface area contributed by atoms with E-state index in [1.54, 1.807) is 22.9 Å². The van der Waals surface area contributed by atoms with Gasteiger partial charge in [-0.3, -0.25) is 9.59 Å². The summed E-state index contributed by atoms with van der Waals surface area (Å²) in [7, 11) is -3.24. The summed E-state index contributed by atoms with van der Waals surface area (Å²) < 4.78 is 23.0. The maximum Gasteiger partial charge on any atom is 0.232 e. The first kappa shape index (κ1) is 20.9. The molecule has 29 heavy (non-hydrogen) atoms. The number of carbonyl (C=O) groups excluding carboxylic acids is 2. The van der Waals surface area contributed by atoms with Gasteiger partial charge in [-0.2, -0.15) is 0 Å². The highest BCUT2D eigenvalue weighted by Gasteiger charge is 2.12. The normalized spacial score (nSPS) is 11.2. The highest BCUT2D eigenvalue weighted by molar-refractivity contribution is 7.90. The molecule has 0 aliphatic carbocycles. The summed E-state index contributed by atoms with van der Waals surface area (Å²) >= 11 is 2.54. The van der Waals surface area contributed by atoms with E-state index in [1.807, 2.05) is 0 Å². The molecule has 2 aromatic heterocycles. The number of hydrogen-bond acceptors (Lipinski definition) is 9. The predicted octanol–water partition coefficient (Wildman–Crippen LogP) is 1.96. The van der Waals surface area contributed by atoms with Crippen molar-refractivity contribution in [2.24, 2.45) is 5.73 Å². The molecule has 1 aromatic carbocycles. The number of primary amides is 1. The molecule has 3 rings (SSSR count). The van der Waals surface area contributed by atoms with E-state index in [1.165, 1.54) is 34.8 Å². The maximum atomic E-state index is 12.2. The minimum absolute atomic E-state index is 0.0264. The Hall–Kier alpha value is -2.83. The smallest absolute Gasteiger partial charge is 0.232 e. The lowest BCUT2D eigenvalue weighted by atomic mass is 10.3. The van der Waals surface area contributed by atoms with Crippen LogP contribution in [0.15, 0.2) is 39.9 Å². The molecule has 3 aromatic rings. The molecule has 152 valence electrons. The molecule has 4 N–H and O–H groups in total. The van der Waals surface area contributed by atoms with Crippen molar-refractivity contribution in [1.29, 1.82) is 0 Å². The average Bonchev–Trinajstić information content (AvgIpc) is 3.23. The molecule has 0 aliphatic rings. The summed E-state index contributed by atoms with van der Waals surface area (Å²) in [5, 5.41) is 10.1. The van der Waals surface area contributed by atoms with Gasteiger partial charge in [0.25, 0.3) is 0 Å². The minimum Gasteiger partial charge on any atom is -0.369 e. The molecule has 0 saturated carbocycles. The fourth-order valence-corrected chi connectivity index (χ4v) is 4.39. The van der Waals surface area contributed by atoms with Gasteiger partial charge in [-0.1, -0.05) is 0 Å². The fraction of sp³-hybridized carbons (Fsp3) is 0.176. The number of thiazole rings is 2. The first-order valence-corrected chi connectivity index (χ1v) is 11.9. The third-order valence-corrected chi connectivity index (χ3v) is 6.32. The minimum atomic E-state index is -3.24. The molecule has 0 spiro atoms. The predicted molar refractivity (Wildman–Crippen MR) is 112 cm³/mol. The van der Waals surface area contributed by atoms with Crippen molar-refractivity contribution in [3.05, 3.63) is 46.4 Å². The van der Waals surface area contributed by atoms with Crippen LogP contribution in [0.1, 0.15) is 11.4 Å². The molecule has 0 radical (unpaired) electrons. The van der Waals surface area contributed by atoms with Crippen molar-refractivity contribution in [2.45, 2.75) is 17.7 Å². The monoisotopic (exact) mass is 451 g/mol. The van der Waals surface area contributed by atoms with Crippen LogP contribution in [0.5, 0.6) is 0 Å². The van der Waals surface area contributed by atoms with Crippen LogP contribution in [-0.4, -0.2) is 36.5 Å². The number of sulfone groups is 1. The Labute approximate surface area is 174 Å². The quantitative estimate of drug-likeness (QED) is 0.475. The standard InChI is InChI=1S/C17H17N5O4S3/c1-29(25,26)13-4-2-10(3-5-13)19-16-21-12(9-27-16)7-15(24)22-17-20-11(8-28-17)6-14(18)23/h2-5,8-9H,6-7H2,1H3,(H2,18,23)(H,19,21)(H,20,22,24). The number of aromatic nitrogens is 2. The zero-order valence-electron chi connectivity index (χ0n) is 15.2. The van der Waals surface area contributed by atoms with Crippen molar-refractivity contribution >= 4 is 60.3 Å². The molecule has 0 saturated heterocycles. The third-order valence-electron chi connectivity index (χ3n) is 3.58. The summed E-state index contributed by atoms with van der Waals surface area (Å²) in [4.78, 5) is 31.8. The van der Waals surface area contributed by atoms with Gasteiger partial charge in [-0.15, -0.1) is 22.7 Å². The summed E-state index contributed by atoms with van der Waals surface area (Å²) in [5.74, 6) is -0.763. The Balaban J connectivity index is 1.56. The number of nitrogens with two attached hydrogens (primary N) is 1. The summed E-state index contributed by atoms with van der Waals surface area (Å²) in [6, 6.07) is 6.33. The number of nitrogens with zero attached hydrogens (tertiary/aromatic N) is 2. The molecule has 2 amide bonds. The Kier molecular flexibility index (Phi) is 6.25. The van der Waals surface area contributed by atoms with E-state index in [0.29, 0.717) is 27.3 Å². The van der Waals surface area contributed by atoms with Gasteiger partial charge in [-0.05, 0) is 24.3 Å². The van der Waals surface area contributed by atoms with Crippen LogP contribution >= 0.6 is 22.7 Å². The SMILES string of the molecule is CS(=O)(=O)c1ccc(Nc2nc(CC(=O)Nc3nc(CC(N)=O)cs3)cs2)cc1. The van der Waals surface area contributed by atoms with E-state index in [-0.39, 0.29) is 23.6 Å². The Morgan fingerprint density at radius 2 is 1.59 bits per heavy atom. The molecule has 12 heteroatoms. The van der Waals surface area contributed by atoms with Gasteiger partial charge in [0, 0.05) is 22.7 Å². The van der Waals surface area contributed by atoms with Crippen LogP contribution in [0.2, 0.25) is 0 Å². The number of nitrogens with one attached hydrogen (secondary N) is 2. The van der Waals surface area contributed by atoms with Crippen molar-refractivity contribution in [3.8, 4) is 0 Å². The van der Waals surface area contributed by atoms with Crippen LogP contribution in [0.4, 0.5) is 16.0 Å². The van der Waals surface area contributed by atoms with E-state index in [2.05, 4.69) is 20.6 Å².